The number of carbonyl (C=O) groups is 1. The highest BCUT2D eigenvalue weighted by molar-refractivity contribution is 6.42. The zero-order chi connectivity index (χ0) is 28.2. The molecular weight excluding hydrogens is 543 g/mol. The number of hydrogen-bond acceptors (Lipinski definition) is 4. The summed E-state index contributed by atoms with van der Waals surface area (Å²) in [5.41, 5.74) is 2.81. The van der Waals surface area contributed by atoms with E-state index in [0.29, 0.717) is 41.3 Å². The summed E-state index contributed by atoms with van der Waals surface area (Å²) < 4.78 is 8.23. The number of nitrogens with zero attached hydrogens (tertiary/aromatic N) is 4. The standard InChI is InChI=1S/C32H40Cl2N4O2/c1-21-35-28-7-5-6-8-29(28)38(21)25-18-23-10-11-24(19-25)37(23)16-14-32(22-9-12-26(33)27(34)17-22)13-15-36(20-32)30(39)40-31(2,3)4/h5-9,12,17,23-25H,10-11,13-16,18-20H2,1-4H3/t23-,24+,25+,32?. The lowest BCUT2D eigenvalue weighted by molar-refractivity contribution is 0.0279. The van der Waals surface area contributed by atoms with Crippen molar-refractivity contribution in [3.8, 4) is 0 Å². The monoisotopic (exact) mass is 582 g/mol. The van der Waals surface area contributed by atoms with Crippen molar-refractivity contribution in [2.24, 2.45) is 0 Å². The summed E-state index contributed by atoms with van der Waals surface area (Å²) in [6, 6.07) is 16.1. The van der Waals surface area contributed by atoms with Crippen molar-refractivity contribution < 1.29 is 9.53 Å². The minimum Gasteiger partial charge on any atom is -0.444 e. The number of aryl methyl sites for hydroxylation is 1. The maximum absolute atomic E-state index is 13.0. The highest BCUT2D eigenvalue weighted by Gasteiger charge is 2.46. The van der Waals surface area contributed by atoms with Gasteiger partial charge in [0.05, 0.1) is 21.1 Å². The van der Waals surface area contributed by atoms with E-state index in [1.54, 1.807) is 0 Å². The van der Waals surface area contributed by atoms with E-state index in [4.69, 9.17) is 32.9 Å². The quantitative estimate of drug-likeness (QED) is 0.308. The first kappa shape index (κ1) is 27.9. The molecule has 0 N–H and O–H groups in total. The summed E-state index contributed by atoms with van der Waals surface area (Å²) in [7, 11) is 0. The molecule has 1 aromatic heterocycles. The van der Waals surface area contributed by atoms with Gasteiger partial charge in [0.2, 0.25) is 0 Å². The van der Waals surface area contributed by atoms with Gasteiger partial charge in [0.15, 0.2) is 0 Å². The SMILES string of the molecule is Cc1nc2ccccc2n1[C@H]1C[C@H]2CC[C@@H](C1)N2CCC1(c2ccc(Cl)c(Cl)c2)CCN(C(=O)OC(C)(C)C)C1. The molecule has 3 aromatic rings. The molecule has 2 aromatic carbocycles. The Labute approximate surface area is 247 Å². The molecule has 0 radical (unpaired) electrons. The third-order valence-corrected chi connectivity index (χ3v) is 10.1. The molecule has 40 heavy (non-hydrogen) atoms. The van der Waals surface area contributed by atoms with Crippen LogP contribution in [-0.2, 0) is 10.2 Å². The predicted molar refractivity (Wildman–Crippen MR) is 161 cm³/mol. The van der Waals surface area contributed by atoms with E-state index in [9.17, 15) is 4.79 Å². The molecule has 6 rings (SSSR count). The molecule has 2 bridgehead atoms. The first-order valence-corrected chi connectivity index (χ1v) is 15.4. The van der Waals surface area contributed by atoms with Crippen LogP contribution in [-0.4, -0.2) is 62.8 Å². The molecule has 214 valence electrons. The van der Waals surface area contributed by atoms with Crippen molar-refractivity contribution in [1.29, 1.82) is 0 Å². The van der Waals surface area contributed by atoms with Gasteiger partial charge in [0.25, 0.3) is 0 Å². The van der Waals surface area contributed by atoms with Gasteiger partial charge in [-0.1, -0.05) is 41.4 Å². The van der Waals surface area contributed by atoms with Gasteiger partial charge in [0, 0.05) is 36.6 Å². The number of hydrogen-bond donors (Lipinski definition) is 0. The molecule has 0 spiro atoms. The number of rotatable bonds is 5. The van der Waals surface area contributed by atoms with Crippen LogP contribution in [0.4, 0.5) is 4.79 Å². The van der Waals surface area contributed by atoms with Gasteiger partial charge in [-0.25, -0.2) is 9.78 Å². The Bertz CT molecular complexity index is 1400. The number of carbonyl (C=O) groups excluding carboxylic acids is 1. The van der Waals surface area contributed by atoms with E-state index < -0.39 is 5.60 Å². The summed E-state index contributed by atoms with van der Waals surface area (Å²) >= 11 is 12.8. The van der Waals surface area contributed by atoms with Gasteiger partial charge in [0.1, 0.15) is 11.4 Å². The predicted octanol–water partition coefficient (Wildman–Crippen LogP) is 7.79. The van der Waals surface area contributed by atoms with Crippen LogP contribution in [0, 0.1) is 6.92 Å². The van der Waals surface area contributed by atoms with Crippen LogP contribution in [0.15, 0.2) is 42.5 Å². The maximum atomic E-state index is 13.0. The molecule has 3 fully saturated rings. The van der Waals surface area contributed by atoms with Crippen molar-refractivity contribution in [3.63, 3.8) is 0 Å². The van der Waals surface area contributed by atoms with Crippen LogP contribution in [0.2, 0.25) is 10.0 Å². The zero-order valence-corrected chi connectivity index (χ0v) is 25.5. The van der Waals surface area contributed by atoms with Gasteiger partial charge < -0.3 is 14.2 Å². The van der Waals surface area contributed by atoms with Gasteiger partial charge in [-0.3, -0.25) is 4.90 Å². The summed E-state index contributed by atoms with van der Waals surface area (Å²) in [5.74, 6) is 1.12. The van der Waals surface area contributed by atoms with Crippen LogP contribution in [0.25, 0.3) is 11.0 Å². The highest BCUT2D eigenvalue weighted by Crippen LogP contribution is 2.45. The van der Waals surface area contributed by atoms with Gasteiger partial charge >= 0.3 is 6.09 Å². The molecule has 1 amide bonds. The minimum absolute atomic E-state index is 0.182. The van der Waals surface area contributed by atoms with Crippen molar-refractivity contribution in [2.45, 2.75) is 95.4 Å². The van der Waals surface area contributed by atoms with Gasteiger partial charge in [-0.15, -0.1) is 0 Å². The van der Waals surface area contributed by atoms with Crippen LogP contribution in [0.5, 0.6) is 0 Å². The summed E-state index contributed by atoms with van der Waals surface area (Å²) in [6.07, 6.45) is 6.42. The number of aromatic nitrogens is 2. The number of piperidine rings is 1. The third-order valence-electron chi connectivity index (χ3n) is 9.38. The number of likely N-dealkylation sites (tertiary alicyclic amines) is 1. The van der Waals surface area contributed by atoms with Crippen molar-refractivity contribution in [1.82, 2.24) is 19.4 Å². The second-order valence-electron chi connectivity index (χ2n) is 13.1. The Morgan fingerprint density at radius 3 is 2.48 bits per heavy atom. The maximum Gasteiger partial charge on any atom is 0.410 e. The Hall–Kier alpha value is -2.28. The Morgan fingerprint density at radius 2 is 1.77 bits per heavy atom. The lowest BCUT2D eigenvalue weighted by Crippen LogP contribution is -2.46. The molecule has 1 unspecified atom stereocenters. The topological polar surface area (TPSA) is 50.6 Å². The van der Waals surface area contributed by atoms with E-state index in [1.807, 2.05) is 37.8 Å². The largest absolute Gasteiger partial charge is 0.444 e. The summed E-state index contributed by atoms with van der Waals surface area (Å²) in [6.45, 7) is 10.2. The first-order valence-electron chi connectivity index (χ1n) is 14.7. The fraction of sp³-hybridized carbons (Fsp3) is 0.562. The number of para-hydroxylation sites is 2. The molecule has 4 heterocycles. The molecule has 4 atom stereocenters. The Kier molecular flexibility index (Phi) is 7.33. The smallest absolute Gasteiger partial charge is 0.410 e. The molecule has 8 heteroatoms. The fourth-order valence-corrected chi connectivity index (χ4v) is 7.85. The van der Waals surface area contributed by atoms with Crippen LogP contribution >= 0.6 is 23.2 Å². The molecular formula is C32H40Cl2N4O2. The van der Waals surface area contributed by atoms with Crippen molar-refractivity contribution in [2.75, 3.05) is 19.6 Å². The zero-order valence-electron chi connectivity index (χ0n) is 24.0. The van der Waals surface area contributed by atoms with Crippen molar-refractivity contribution >= 4 is 40.3 Å². The number of halogens is 2. The first-order chi connectivity index (χ1) is 19.0. The number of fused-ring (bicyclic) bond motifs is 3. The van der Waals surface area contributed by atoms with Gasteiger partial charge in [-0.05, 0) is 103 Å². The molecule has 6 nitrogen and oxygen atoms in total. The lowest BCUT2D eigenvalue weighted by Gasteiger charge is -2.42. The van der Waals surface area contributed by atoms with E-state index in [-0.39, 0.29) is 11.5 Å². The highest BCUT2D eigenvalue weighted by atomic mass is 35.5. The van der Waals surface area contributed by atoms with E-state index in [2.05, 4.69) is 46.7 Å². The fourth-order valence-electron chi connectivity index (χ4n) is 7.56. The van der Waals surface area contributed by atoms with Gasteiger partial charge in [-0.2, -0.15) is 0 Å². The van der Waals surface area contributed by atoms with Crippen LogP contribution < -0.4 is 0 Å². The molecule has 0 saturated carbocycles. The van der Waals surface area contributed by atoms with Crippen LogP contribution in [0.3, 0.4) is 0 Å². The molecule has 0 aliphatic carbocycles. The van der Waals surface area contributed by atoms with Crippen molar-refractivity contribution in [3.05, 3.63) is 63.9 Å². The summed E-state index contributed by atoms with van der Waals surface area (Å²) in [4.78, 5) is 22.5. The average molecular weight is 584 g/mol. The van der Waals surface area contributed by atoms with E-state index in [0.717, 1.165) is 49.1 Å². The second-order valence-corrected chi connectivity index (χ2v) is 13.9. The second kappa shape index (κ2) is 10.5. The Morgan fingerprint density at radius 1 is 1.05 bits per heavy atom. The number of benzene rings is 2. The van der Waals surface area contributed by atoms with E-state index >= 15 is 0 Å². The van der Waals surface area contributed by atoms with Crippen LogP contribution in [0.1, 0.15) is 76.7 Å². The molecule has 3 aliphatic heterocycles. The Balaban J connectivity index is 1.21. The normalized spacial score (nSPS) is 27.1. The number of imidazole rings is 1. The molecule has 3 aliphatic rings. The number of ether oxygens (including phenoxy) is 1. The third kappa shape index (κ3) is 5.23. The number of amides is 1. The van der Waals surface area contributed by atoms with E-state index in [1.165, 1.54) is 18.4 Å². The minimum atomic E-state index is -0.519. The summed E-state index contributed by atoms with van der Waals surface area (Å²) in [5, 5.41) is 1.13. The molecule has 3 saturated heterocycles. The lowest BCUT2D eigenvalue weighted by atomic mass is 9.76. The average Bonchev–Trinajstić information content (AvgIpc) is 3.55.